The second kappa shape index (κ2) is 8.43. The number of ketones is 1. The molecule has 8 heteroatoms. The standard InChI is InChI=1S/C24H16ClF2NO4/c1-32-19-11-8-16(27)12-18(19)22(29)20-21(13-2-6-15(26)7-3-13)28(24(31)23(20)30)17-9-4-14(25)5-10-17/h2-12,21,29H,1H3/b22-20+. The number of Topliss-reactive ketones (excluding diaryl/α,β-unsaturated/α-hetero) is 1. The van der Waals surface area contributed by atoms with E-state index >= 15 is 0 Å². The number of benzene rings is 3. The van der Waals surface area contributed by atoms with Crippen LogP contribution in [0.15, 0.2) is 72.3 Å². The molecule has 1 aliphatic heterocycles. The average molecular weight is 456 g/mol. The molecule has 1 saturated heterocycles. The van der Waals surface area contributed by atoms with E-state index in [4.69, 9.17) is 16.3 Å². The Labute approximate surface area is 187 Å². The Balaban J connectivity index is 1.98. The summed E-state index contributed by atoms with van der Waals surface area (Å²) >= 11 is 5.95. The van der Waals surface area contributed by atoms with Crippen molar-refractivity contribution in [2.45, 2.75) is 6.04 Å². The van der Waals surface area contributed by atoms with Crippen LogP contribution in [-0.4, -0.2) is 23.9 Å². The number of halogens is 3. The molecule has 0 aromatic heterocycles. The van der Waals surface area contributed by atoms with E-state index in [2.05, 4.69) is 0 Å². The minimum absolute atomic E-state index is 0.0892. The molecule has 0 aliphatic carbocycles. The van der Waals surface area contributed by atoms with Crippen LogP contribution in [0.1, 0.15) is 17.2 Å². The van der Waals surface area contributed by atoms with Gasteiger partial charge in [0.15, 0.2) is 0 Å². The van der Waals surface area contributed by atoms with Gasteiger partial charge in [-0.1, -0.05) is 23.7 Å². The van der Waals surface area contributed by atoms with Crippen molar-refractivity contribution >= 4 is 34.7 Å². The number of hydrogen-bond donors (Lipinski definition) is 1. The highest BCUT2D eigenvalue weighted by atomic mass is 35.5. The normalized spacial score (nSPS) is 17.6. The lowest BCUT2D eigenvalue weighted by molar-refractivity contribution is -0.132. The molecule has 3 aromatic carbocycles. The molecule has 1 N–H and O–H groups in total. The van der Waals surface area contributed by atoms with Gasteiger partial charge in [0.1, 0.15) is 23.1 Å². The van der Waals surface area contributed by atoms with Crippen molar-refractivity contribution in [2.75, 3.05) is 12.0 Å². The van der Waals surface area contributed by atoms with Gasteiger partial charge in [-0.25, -0.2) is 8.78 Å². The molecule has 1 heterocycles. The molecule has 1 unspecified atom stereocenters. The lowest BCUT2D eigenvalue weighted by Gasteiger charge is -2.25. The molecule has 3 aromatic rings. The zero-order valence-corrected chi connectivity index (χ0v) is 17.4. The van der Waals surface area contributed by atoms with Gasteiger partial charge in [-0.05, 0) is 60.2 Å². The lowest BCUT2D eigenvalue weighted by Crippen LogP contribution is -2.29. The van der Waals surface area contributed by atoms with Gasteiger partial charge in [-0.3, -0.25) is 14.5 Å². The van der Waals surface area contributed by atoms with Crippen molar-refractivity contribution in [3.8, 4) is 5.75 Å². The Bertz CT molecular complexity index is 1240. The van der Waals surface area contributed by atoms with Gasteiger partial charge < -0.3 is 9.84 Å². The minimum atomic E-state index is -1.09. The molecule has 1 amide bonds. The summed E-state index contributed by atoms with van der Waals surface area (Å²) in [6, 6.07) is 13.7. The van der Waals surface area contributed by atoms with Crippen LogP contribution in [0.4, 0.5) is 14.5 Å². The van der Waals surface area contributed by atoms with Crippen LogP contribution >= 0.6 is 11.6 Å². The van der Waals surface area contributed by atoms with Crippen LogP contribution in [-0.2, 0) is 9.59 Å². The first-order chi connectivity index (χ1) is 15.3. The average Bonchev–Trinajstić information content (AvgIpc) is 3.05. The molecule has 5 nitrogen and oxygen atoms in total. The molecule has 1 fully saturated rings. The summed E-state index contributed by atoms with van der Waals surface area (Å²) in [4.78, 5) is 27.3. The van der Waals surface area contributed by atoms with Crippen LogP contribution in [0.25, 0.3) is 5.76 Å². The van der Waals surface area contributed by atoms with Gasteiger partial charge in [0, 0.05) is 10.7 Å². The van der Waals surface area contributed by atoms with Crippen LogP contribution in [0.5, 0.6) is 5.75 Å². The largest absolute Gasteiger partial charge is 0.507 e. The topological polar surface area (TPSA) is 66.8 Å². The number of aliphatic hydroxyl groups is 1. The molecule has 0 bridgehead atoms. The van der Waals surface area contributed by atoms with Crippen molar-refractivity contribution in [3.63, 3.8) is 0 Å². The first-order valence-electron chi connectivity index (χ1n) is 9.47. The van der Waals surface area contributed by atoms with Crippen LogP contribution < -0.4 is 9.64 Å². The molecule has 32 heavy (non-hydrogen) atoms. The number of nitrogens with zero attached hydrogens (tertiary/aromatic N) is 1. The number of hydrogen-bond acceptors (Lipinski definition) is 4. The maximum absolute atomic E-state index is 13.9. The highest BCUT2D eigenvalue weighted by Crippen LogP contribution is 2.43. The molecular weight excluding hydrogens is 440 g/mol. The van der Waals surface area contributed by atoms with E-state index in [0.717, 1.165) is 12.1 Å². The maximum atomic E-state index is 13.9. The monoisotopic (exact) mass is 455 g/mol. The predicted octanol–water partition coefficient (Wildman–Crippen LogP) is 5.25. The Hall–Kier alpha value is -3.71. The summed E-state index contributed by atoms with van der Waals surface area (Å²) in [7, 11) is 1.33. The van der Waals surface area contributed by atoms with Crippen LogP contribution in [0.3, 0.4) is 0 Å². The van der Waals surface area contributed by atoms with E-state index in [-0.39, 0.29) is 16.9 Å². The first kappa shape index (κ1) is 21.5. The Kier molecular flexibility index (Phi) is 5.67. The van der Waals surface area contributed by atoms with Gasteiger partial charge in [-0.2, -0.15) is 0 Å². The smallest absolute Gasteiger partial charge is 0.300 e. The molecule has 162 valence electrons. The molecule has 0 spiro atoms. The van der Waals surface area contributed by atoms with Crippen molar-refractivity contribution in [2.24, 2.45) is 0 Å². The van der Waals surface area contributed by atoms with E-state index in [1.165, 1.54) is 42.3 Å². The van der Waals surface area contributed by atoms with Crippen molar-refractivity contribution in [3.05, 3.63) is 100 Å². The van der Waals surface area contributed by atoms with Crippen molar-refractivity contribution < 1.29 is 28.2 Å². The summed E-state index contributed by atoms with van der Waals surface area (Å²) in [5, 5.41) is 11.5. The van der Waals surface area contributed by atoms with E-state index in [0.29, 0.717) is 16.3 Å². The fraction of sp³-hybridized carbons (Fsp3) is 0.0833. The summed E-state index contributed by atoms with van der Waals surface area (Å²) in [5.74, 6) is -3.55. The van der Waals surface area contributed by atoms with E-state index < -0.39 is 35.1 Å². The number of rotatable bonds is 4. The highest BCUT2D eigenvalue weighted by molar-refractivity contribution is 6.51. The summed E-state index contributed by atoms with van der Waals surface area (Å²) < 4.78 is 32.7. The highest BCUT2D eigenvalue weighted by Gasteiger charge is 2.47. The summed E-state index contributed by atoms with van der Waals surface area (Å²) in [6.45, 7) is 0. The Morgan fingerprint density at radius 2 is 1.59 bits per heavy atom. The van der Waals surface area contributed by atoms with Crippen LogP contribution in [0.2, 0.25) is 5.02 Å². The third-order valence-corrected chi connectivity index (χ3v) is 5.40. The van der Waals surface area contributed by atoms with Crippen molar-refractivity contribution in [1.29, 1.82) is 0 Å². The van der Waals surface area contributed by atoms with Crippen molar-refractivity contribution in [1.82, 2.24) is 0 Å². The zero-order chi connectivity index (χ0) is 23.0. The molecular formula is C24H16ClF2NO4. The van der Waals surface area contributed by atoms with E-state index in [9.17, 15) is 23.5 Å². The molecule has 0 saturated carbocycles. The fourth-order valence-corrected chi connectivity index (χ4v) is 3.80. The number of amides is 1. The third kappa shape index (κ3) is 3.71. The van der Waals surface area contributed by atoms with Gasteiger partial charge >= 0.3 is 0 Å². The zero-order valence-electron chi connectivity index (χ0n) is 16.7. The van der Waals surface area contributed by atoms with Gasteiger partial charge in [0.2, 0.25) is 0 Å². The Morgan fingerprint density at radius 3 is 2.22 bits per heavy atom. The number of methoxy groups -OCH3 is 1. The fourth-order valence-electron chi connectivity index (χ4n) is 3.67. The van der Waals surface area contributed by atoms with Gasteiger partial charge in [-0.15, -0.1) is 0 Å². The minimum Gasteiger partial charge on any atom is -0.507 e. The summed E-state index contributed by atoms with van der Waals surface area (Å²) in [5.41, 5.74) is 0.350. The summed E-state index contributed by atoms with van der Waals surface area (Å²) in [6.07, 6.45) is 0. The SMILES string of the molecule is COc1ccc(F)cc1/C(O)=C1\C(=O)C(=O)N(c2ccc(Cl)cc2)C1c1ccc(F)cc1. The number of carbonyl (C=O) groups is 2. The maximum Gasteiger partial charge on any atom is 0.300 e. The number of carbonyl (C=O) groups excluding carboxylic acids is 2. The second-order valence-corrected chi connectivity index (χ2v) is 7.48. The number of ether oxygens (including phenoxy) is 1. The first-order valence-corrected chi connectivity index (χ1v) is 9.85. The van der Waals surface area contributed by atoms with E-state index in [1.54, 1.807) is 24.3 Å². The quantitative estimate of drug-likeness (QED) is 0.331. The van der Waals surface area contributed by atoms with Gasteiger partial charge in [0.25, 0.3) is 11.7 Å². The third-order valence-electron chi connectivity index (χ3n) is 5.15. The molecule has 4 rings (SSSR count). The lowest BCUT2D eigenvalue weighted by atomic mass is 9.94. The number of anilines is 1. The number of aliphatic hydroxyl groups excluding tert-OH is 1. The molecule has 0 radical (unpaired) electrons. The Morgan fingerprint density at radius 1 is 0.969 bits per heavy atom. The molecule has 1 aliphatic rings. The van der Waals surface area contributed by atoms with Gasteiger partial charge in [0.05, 0.1) is 24.3 Å². The second-order valence-electron chi connectivity index (χ2n) is 7.04. The predicted molar refractivity (Wildman–Crippen MR) is 116 cm³/mol. The molecule has 1 atom stereocenters. The van der Waals surface area contributed by atoms with Crippen LogP contribution in [0, 0.1) is 11.6 Å². The van der Waals surface area contributed by atoms with E-state index in [1.807, 2.05) is 0 Å².